The van der Waals surface area contributed by atoms with Gasteiger partial charge in [-0.25, -0.2) is 0 Å². The molecule has 1 amide bonds. The highest BCUT2D eigenvalue weighted by molar-refractivity contribution is 7.17. The van der Waals surface area contributed by atoms with Crippen molar-refractivity contribution < 1.29 is 9.59 Å². The number of aromatic nitrogens is 1. The Morgan fingerprint density at radius 1 is 1.03 bits per heavy atom. The second-order valence-corrected chi connectivity index (χ2v) is 9.67. The first-order chi connectivity index (χ1) is 16.6. The van der Waals surface area contributed by atoms with Crippen molar-refractivity contribution in [1.29, 1.82) is 0 Å². The third-order valence-electron chi connectivity index (χ3n) is 5.88. The van der Waals surface area contributed by atoms with Crippen molar-refractivity contribution in [1.82, 2.24) is 9.88 Å². The molecule has 0 fully saturated rings. The fraction of sp³-hybridized carbons (Fsp3) is 0.148. The second-order valence-electron chi connectivity index (χ2n) is 8.16. The molecule has 2 aromatic carbocycles. The van der Waals surface area contributed by atoms with E-state index in [4.69, 9.17) is 11.6 Å². The molecular formula is C27H22ClN3O2S. The van der Waals surface area contributed by atoms with Gasteiger partial charge in [0, 0.05) is 42.5 Å². The molecular weight excluding hydrogens is 466 g/mol. The first-order valence-electron chi connectivity index (χ1n) is 11.0. The normalized spacial score (nSPS) is 13.3. The van der Waals surface area contributed by atoms with Gasteiger partial charge in [-0.3, -0.25) is 19.5 Å². The monoisotopic (exact) mass is 487 g/mol. The van der Waals surface area contributed by atoms with Gasteiger partial charge in [-0.2, -0.15) is 0 Å². The summed E-state index contributed by atoms with van der Waals surface area (Å²) in [6.45, 7) is 2.39. The Bertz CT molecular complexity index is 1340. The Morgan fingerprint density at radius 3 is 2.59 bits per heavy atom. The lowest BCUT2D eigenvalue weighted by Crippen LogP contribution is -2.29. The summed E-state index contributed by atoms with van der Waals surface area (Å²) in [7, 11) is 0. The Balaban J connectivity index is 1.49. The van der Waals surface area contributed by atoms with Crippen LogP contribution in [0, 0.1) is 0 Å². The van der Waals surface area contributed by atoms with Crippen molar-refractivity contribution in [2.24, 2.45) is 0 Å². The molecule has 0 aliphatic carbocycles. The quantitative estimate of drug-likeness (QED) is 0.347. The van der Waals surface area contributed by atoms with Gasteiger partial charge in [-0.15, -0.1) is 11.3 Å². The Kier molecular flexibility index (Phi) is 6.54. The molecule has 0 saturated heterocycles. The number of nitrogens with one attached hydrogen (secondary N) is 1. The molecule has 0 radical (unpaired) electrons. The number of hydrogen-bond acceptors (Lipinski definition) is 5. The van der Waals surface area contributed by atoms with E-state index in [2.05, 4.69) is 27.3 Å². The minimum Gasteiger partial charge on any atom is -0.313 e. The molecule has 0 saturated carbocycles. The number of benzene rings is 2. The van der Waals surface area contributed by atoms with E-state index in [1.165, 1.54) is 23.1 Å². The van der Waals surface area contributed by atoms with E-state index in [1.807, 2.05) is 18.2 Å². The molecule has 7 heteroatoms. The van der Waals surface area contributed by atoms with Gasteiger partial charge in [0.2, 0.25) is 0 Å². The van der Waals surface area contributed by atoms with E-state index in [0.717, 1.165) is 36.5 Å². The Labute approximate surface area is 207 Å². The topological polar surface area (TPSA) is 62.3 Å². The Morgan fingerprint density at radius 2 is 1.82 bits per heavy atom. The third-order valence-corrected chi connectivity index (χ3v) is 7.34. The molecule has 1 aliphatic heterocycles. The number of carbonyl (C=O) groups is 2. The molecule has 4 aromatic rings. The largest absolute Gasteiger partial charge is 0.313 e. The number of ketones is 1. The molecule has 1 N–H and O–H groups in total. The molecule has 34 heavy (non-hydrogen) atoms. The van der Waals surface area contributed by atoms with Crippen LogP contribution < -0.4 is 5.32 Å². The highest BCUT2D eigenvalue weighted by atomic mass is 35.5. The fourth-order valence-corrected chi connectivity index (χ4v) is 5.72. The van der Waals surface area contributed by atoms with Crippen molar-refractivity contribution in [2.75, 3.05) is 11.9 Å². The zero-order chi connectivity index (χ0) is 23.5. The molecule has 5 rings (SSSR count). The summed E-state index contributed by atoms with van der Waals surface area (Å²) in [5, 5.41) is 3.94. The lowest BCUT2D eigenvalue weighted by Gasteiger charge is -2.27. The lowest BCUT2D eigenvalue weighted by molar-refractivity contribution is 0.102. The van der Waals surface area contributed by atoms with Crippen LogP contribution in [0.4, 0.5) is 5.00 Å². The van der Waals surface area contributed by atoms with Gasteiger partial charge in [0.25, 0.3) is 5.91 Å². The van der Waals surface area contributed by atoms with Gasteiger partial charge < -0.3 is 5.32 Å². The van der Waals surface area contributed by atoms with Crippen LogP contribution in [0.1, 0.15) is 42.3 Å². The number of anilines is 1. The van der Waals surface area contributed by atoms with Gasteiger partial charge in [0.1, 0.15) is 5.00 Å². The van der Waals surface area contributed by atoms with Gasteiger partial charge >= 0.3 is 0 Å². The van der Waals surface area contributed by atoms with E-state index in [9.17, 15) is 9.59 Å². The SMILES string of the molecule is O=C(Nc1sc2c(c1C(=O)c1ccccc1Cl)CCN(Cc1ccccc1)C2)c1cccnc1. The van der Waals surface area contributed by atoms with Crippen LogP contribution in [0.25, 0.3) is 0 Å². The summed E-state index contributed by atoms with van der Waals surface area (Å²) in [6.07, 6.45) is 3.86. The maximum atomic E-state index is 13.7. The highest BCUT2D eigenvalue weighted by Crippen LogP contribution is 2.39. The van der Waals surface area contributed by atoms with E-state index >= 15 is 0 Å². The van der Waals surface area contributed by atoms with Crippen molar-refractivity contribution in [2.45, 2.75) is 19.5 Å². The number of amides is 1. The average Bonchev–Trinajstić information content (AvgIpc) is 3.22. The Hall–Kier alpha value is -3.32. The standard InChI is InChI=1S/C27H22ClN3O2S/c28-22-11-5-4-10-20(22)25(32)24-21-12-14-31(16-18-7-2-1-3-8-18)17-23(21)34-27(24)30-26(33)19-9-6-13-29-15-19/h1-11,13,15H,12,14,16-17H2,(H,30,33). The number of nitrogens with zero attached hydrogens (tertiary/aromatic N) is 2. The second kappa shape index (κ2) is 9.89. The lowest BCUT2D eigenvalue weighted by atomic mass is 9.96. The van der Waals surface area contributed by atoms with Crippen molar-refractivity contribution in [3.8, 4) is 0 Å². The van der Waals surface area contributed by atoms with Crippen molar-refractivity contribution >= 4 is 39.6 Å². The molecule has 1 aliphatic rings. The minimum atomic E-state index is -0.291. The van der Waals surface area contributed by atoms with E-state index in [0.29, 0.717) is 26.7 Å². The van der Waals surface area contributed by atoms with Crippen LogP contribution in [0.5, 0.6) is 0 Å². The molecule has 0 atom stereocenters. The molecule has 5 nitrogen and oxygen atoms in total. The molecule has 0 unspecified atom stereocenters. The van der Waals surface area contributed by atoms with Crippen LogP contribution in [-0.2, 0) is 19.5 Å². The van der Waals surface area contributed by atoms with Crippen LogP contribution in [-0.4, -0.2) is 28.1 Å². The van der Waals surface area contributed by atoms with Gasteiger partial charge in [-0.1, -0.05) is 54.1 Å². The number of thiophene rings is 1. The molecule has 170 valence electrons. The minimum absolute atomic E-state index is 0.166. The predicted molar refractivity (Wildman–Crippen MR) is 136 cm³/mol. The van der Waals surface area contributed by atoms with Crippen LogP contribution in [0.15, 0.2) is 79.1 Å². The van der Waals surface area contributed by atoms with Crippen molar-refractivity contribution in [3.05, 3.63) is 117 Å². The van der Waals surface area contributed by atoms with E-state index in [-0.39, 0.29) is 11.7 Å². The predicted octanol–water partition coefficient (Wildman–Crippen LogP) is 5.84. The summed E-state index contributed by atoms with van der Waals surface area (Å²) in [5.74, 6) is -0.456. The first kappa shape index (κ1) is 22.5. The summed E-state index contributed by atoms with van der Waals surface area (Å²) in [5.41, 5.74) is 3.68. The zero-order valence-corrected chi connectivity index (χ0v) is 19.9. The summed E-state index contributed by atoms with van der Waals surface area (Å²) < 4.78 is 0. The maximum absolute atomic E-state index is 13.7. The molecule has 2 aromatic heterocycles. The third kappa shape index (κ3) is 4.66. The van der Waals surface area contributed by atoms with E-state index in [1.54, 1.807) is 42.6 Å². The molecule has 0 bridgehead atoms. The zero-order valence-electron chi connectivity index (χ0n) is 18.3. The molecule has 0 spiro atoms. The van der Waals surface area contributed by atoms with Crippen LogP contribution in [0.3, 0.4) is 0 Å². The molecule has 3 heterocycles. The summed E-state index contributed by atoms with van der Waals surface area (Å²) in [6, 6.07) is 20.8. The number of rotatable bonds is 6. The van der Waals surface area contributed by atoms with Crippen LogP contribution >= 0.6 is 22.9 Å². The van der Waals surface area contributed by atoms with Crippen LogP contribution in [0.2, 0.25) is 5.02 Å². The highest BCUT2D eigenvalue weighted by Gasteiger charge is 2.30. The number of hydrogen-bond donors (Lipinski definition) is 1. The average molecular weight is 488 g/mol. The van der Waals surface area contributed by atoms with Gasteiger partial charge in [0.15, 0.2) is 5.78 Å². The fourth-order valence-electron chi connectivity index (χ4n) is 4.21. The van der Waals surface area contributed by atoms with E-state index < -0.39 is 0 Å². The number of halogens is 1. The first-order valence-corrected chi connectivity index (χ1v) is 12.2. The smallest absolute Gasteiger partial charge is 0.257 e. The van der Waals surface area contributed by atoms with Gasteiger partial charge in [0.05, 0.1) is 16.1 Å². The number of carbonyl (C=O) groups excluding carboxylic acids is 2. The van der Waals surface area contributed by atoms with Crippen molar-refractivity contribution in [3.63, 3.8) is 0 Å². The summed E-state index contributed by atoms with van der Waals surface area (Å²) in [4.78, 5) is 34.1. The number of pyridine rings is 1. The maximum Gasteiger partial charge on any atom is 0.257 e. The summed E-state index contributed by atoms with van der Waals surface area (Å²) >= 11 is 7.84. The van der Waals surface area contributed by atoms with Gasteiger partial charge in [-0.05, 0) is 41.8 Å². The number of fused-ring (bicyclic) bond motifs is 1.